The van der Waals surface area contributed by atoms with Gasteiger partial charge >= 0.3 is 0 Å². The highest BCUT2D eigenvalue weighted by Gasteiger charge is 2.12. The summed E-state index contributed by atoms with van der Waals surface area (Å²) >= 11 is 0. The van der Waals surface area contributed by atoms with Crippen LogP contribution in [0.3, 0.4) is 0 Å². The van der Waals surface area contributed by atoms with Crippen LogP contribution in [0.15, 0.2) is 18.2 Å². The molecule has 0 saturated heterocycles. The van der Waals surface area contributed by atoms with Crippen molar-refractivity contribution in [3.05, 3.63) is 35.1 Å². The van der Waals surface area contributed by atoms with Crippen molar-refractivity contribution in [1.82, 2.24) is 0 Å². The minimum absolute atomic E-state index is 0.254. The number of rotatable bonds is 2. The smallest absolute Gasteiger partial charge is 0.263 e. The number of nitrogens with two attached hydrogens (primary N) is 1. The normalized spacial score (nSPS) is 13.4. The quantitative estimate of drug-likeness (QED) is 0.760. The van der Waals surface area contributed by atoms with E-state index in [2.05, 4.69) is 0 Å². The molecule has 1 nitrogen and oxygen atoms in total. The zero-order chi connectivity index (χ0) is 10.0. The van der Waals surface area contributed by atoms with Gasteiger partial charge in [-0.05, 0) is 13.0 Å². The van der Waals surface area contributed by atoms with E-state index in [1.165, 1.54) is 12.1 Å². The van der Waals surface area contributed by atoms with Crippen LogP contribution in [0, 0.1) is 5.82 Å². The Labute approximate surface area is 74.4 Å². The van der Waals surface area contributed by atoms with Crippen molar-refractivity contribution in [3.63, 3.8) is 0 Å². The van der Waals surface area contributed by atoms with E-state index in [0.717, 1.165) is 6.07 Å². The van der Waals surface area contributed by atoms with Crippen LogP contribution in [0.25, 0.3) is 0 Å². The molecule has 72 valence electrons. The van der Waals surface area contributed by atoms with E-state index in [4.69, 9.17) is 5.73 Å². The number of hydrogen-bond donors (Lipinski definition) is 1. The van der Waals surface area contributed by atoms with Gasteiger partial charge in [-0.3, -0.25) is 0 Å². The molecule has 0 saturated carbocycles. The Balaban J connectivity index is 3.06. The summed E-state index contributed by atoms with van der Waals surface area (Å²) in [6.45, 7) is 1.60. The minimum atomic E-state index is -2.64. The second-order valence-corrected chi connectivity index (χ2v) is 2.87. The van der Waals surface area contributed by atoms with E-state index in [9.17, 15) is 13.2 Å². The molecule has 0 aliphatic heterocycles. The van der Waals surface area contributed by atoms with Gasteiger partial charge in [0.1, 0.15) is 5.82 Å². The van der Waals surface area contributed by atoms with Crippen LogP contribution in [-0.4, -0.2) is 0 Å². The summed E-state index contributed by atoms with van der Waals surface area (Å²) in [4.78, 5) is 0. The largest absolute Gasteiger partial charge is 0.324 e. The predicted octanol–water partition coefficient (Wildman–Crippen LogP) is 2.78. The first-order chi connectivity index (χ1) is 6.02. The molecule has 0 aromatic heterocycles. The number of benzene rings is 1. The highest BCUT2D eigenvalue weighted by molar-refractivity contribution is 5.26. The molecule has 0 radical (unpaired) electrons. The summed E-state index contributed by atoms with van der Waals surface area (Å²) in [5.74, 6) is -0.673. The van der Waals surface area contributed by atoms with Crippen molar-refractivity contribution in [1.29, 1.82) is 0 Å². The van der Waals surface area contributed by atoms with Crippen LogP contribution in [0.5, 0.6) is 0 Å². The second kappa shape index (κ2) is 3.79. The lowest BCUT2D eigenvalue weighted by Gasteiger charge is -2.08. The molecule has 1 aromatic rings. The standard InChI is InChI=1S/C9H10F3N/c1-5(13)7-3-2-6(9(11)12)4-8(7)10/h2-5,9H,13H2,1H3/t5-/m1/s1. The van der Waals surface area contributed by atoms with Crippen LogP contribution >= 0.6 is 0 Å². The lowest BCUT2D eigenvalue weighted by molar-refractivity contribution is 0.151. The molecule has 1 rings (SSSR count). The summed E-state index contributed by atoms with van der Waals surface area (Å²) in [5.41, 5.74) is 5.35. The Morgan fingerprint density at radius 2 is 1.92 bits per heavy atom. The van der Waals surface area contributed by atoms with Gasteiger partial charge in [0.25, 0.3) is 6.43 Å². The van der Waals surface area contributed by atoms with Gasteiger partial charge in [-0.1, -0.05) is 12.1 Å². The summed E-state index contributed by atoms with van der Waals surface area (Å²) in [6.07, 6.45) is -2.64. The van der Waals surface area contributed by atoms with Gasteiger partial charge in [-0.25, -0.2) is 13.2 Å². The Hall–Kier alpha value is -1.03. The molecule has 4 heteroatoms. The van der Waals surface area contributed by atoms with Gasteiger partial charge < -0.3 is 5.73 Å². The van der Waals surface area contributed by atoms with Crippen molar-refractivity contribution < 1.29 is 13.2 Å². The van der Waals surface area contributed by atoms with Crippen molar-refractivity contribution in [2.45, 2.75) is 19.4 Å². The van der Waals surface area contributed by atoms with Crippen molar-refractivity contribution in [2.75, 3.05) is 0 Å². The average Bonchev–Trinajstić information content (AvgIpc) is 2.03. The number of halogens is 3. The molecule has 0 aliphatic rings. The molecule has 0 bridgehead atoms. The minimum Gasteiger partial charge on any atom is -0.324 e. The summed E-state index contributed by atoms with van der Waals surface area (Å²) < 4.78 is 37.2. The van der Waals surface area contributed by atoms with E-state index >= 15 is 0 Å². The summed E-state index contributed by atoms with van der Waals surface area (Å²) in [6, 6.07) is 2.82. The molecule has 0 amide bonds. The fourth-order valence-corrected chi connectivity index (χ4v) is 1.05. The Kier molecular flexibility index (Phi) is 2.93. The summed E-state index contributed by atoms with van der Waals surface area (Å²) in [5, 5.41) is 0. The molecule has 0 fully saturated rings. The maximum atomic E-state index is 13.0. The van der Waals surface area contributed by atoms with Crippen molar-refractivity contribution in [2.24, 2.45) is 5.73 Å². The molecule has 0 unspecified atom stereocenters. The van der Waals surface area contributed by atoms with E-state index in [1.54, 1.807) is 6.92 Å². The Morgan fingerprint density at radius 1 is 1.31 bits per heavy atom. The number of hydrogen-bond acceptors (Lipinski definition) is 1. The highest BCUT2D eigenvalue weighted by atomic mass is 19.3. The first kappa shape index (κ1) is 10.1. The fourth-order valence-electron chi connectivity index (χ4n) is 1.05. The molecule has 2 N–H and O–H groups in total. The molecular weight excluding hydrogens is 179 g/mol. The first-order valence-corrected chi connectivity index (χ1v) is 3.85. The third kappa shape index (κ3) is 2.21. The average molecular weight is 189 g/mol. The van der Waals surface area contributed by atoms with Crippen molar-refractivity contribution in [3.8, 4) is 0 Å². The molecular formula is C9H10F3N. The molecule has 1 aromatic carbocycles. The molecule has 13 heavy (non-hydrogen) atoms. The SMILES string of the molecule is C[C@@H](N)c1ccc(C(F)F)cc1F. The monoisotopic (exact) mass is 189 g/mol. The van der Waals surface area contributed by atoms with E-state index in [1.807, 2.05) is 0 Å². The van der Waals surface area contributed by atoms with E-state index in [0.29, 0.717) is 0 Å². The van der Waals surface area contributed by atoms with Crippen LogP contribution < -0.4 is 5.73 Å². The second-order valence-electron chi connectivity index (χ2n) is 2.87. The third-order valence-electron chi connectivity index (χ3n) is 1.77. The van der Waals surface area contributed by atoms with Gasteiger partial charge in [-0.15, -0.1) is 0 Å². The maximum absolute atomic E-state index is 13.0. The topological polar surface area (TPSA) is 26.0 Å². The first-order valence-electron chi connectivity index (χ1n) is 3.85. The lowest BCUT2D eigenvalue weighted by atomic mass is 10.1. The van der Waals surface area contributed by atoms with E-state index in [-0.39, 0.29) is 11.1 Å². The third-order valence-corrected chi connectivity index (χ3v) is 1.77. The van der Waals surface area contributed by atoms with Gasteiger partial charge in [0.05, 0.1) is 0 Å². The molecule has 1 atom stereocenters. The predicted molar refractivity (Wildman–Crippen MR) is 44.0 cm³/mol. The molecule has 0 aliphatic carbocycles. The maximum Gasteiger partial charge on any atom is 0.263 e. The highest BCUT2D eigenvalue weighted by Crippen LogP contribution is 2.23. The fraction of sp³-hybridized carbons (Fsp3) is 0.333. The lowest BCUT2D eigenvalue weighted by Crippen LogP contribution is -2.07. The van der Waals surface area contributed by atoms with E-state index < -0.39 is 18.3 Å². The Bertz CT molecular complexity index is 297. The van der Waals surface area contributed by atoms with Gasteiger partial charge in [0.15, 0.2) is 0 Å². The van der Waals surface area contributed by atoms with Crippen LogP contribution in [0.2, 0.25) is 0 Å². The Morgan fingerprint density at radius 3 is 2.31 bits per heavy atom. The van der Waals surface area contributed by atoms with Gasteiger partial charge in [0.2, 0.25) is 0 Å². The summed E-state index contributed by atoms with van der Waals surface area (Å²) in [7, 11) is 0. The number of alkyl halides is 2. The zero-order valence-electron chi connectivity index (χ0n) is 7.10. The zero-order valence-corrected chi connectivity index (χ0v) is 7.10. The van der Waals surface area contributed by atoms with Crippen LogP contribution in [-0.2, 0) is 0 Å². The van der Waals surface area contributed by atoms with Gasteiger partial charge in [-0.2, -0.15) is 0 Å². The van der Waals surface area contributed by atoms with Crippen LogP contribution in [0.4, 0.5) is 13.2 Å². The molecule has 0 heterocycles. The van der Waals surface area contributed by atoms with Gasteiger partial charge in [0, 0.05) is 17.2 Å². The molecule has 0 spiro atoms. The van der Waals surface area contributed by atoms with Crippen molar-refractivity contribution >= 4 is 0 Å². The van der Waals surface area contributed by atoms with Crippen LogP contribution in [0.1, 0.15) is 30.5 Å².